The van der Waals surface area contributed by atoms with Crippen molar-refractivity contribution < 1.29 is 22.7 Å². The Morgan fingerprint density at radius 2 is 1.75 bits per heavy atom. The first-order valence-electron chi connectivity index (χ1n) is 7.70. The lowest BCUT2D eigenvalue weighted by Crippen LogP contribution is -2.37. The Morgan fingerprint density at radius 3 is 2.29 bits per heavy atom. The van der Waals surface area contributed by atoms with Crippen molar-refractivity contribution in [1.29, 1.82) is 0 Å². The molecule has 0 saturated carbocycles. The number of rotatable bonds is 6. The standard InChI is InChI=1S/C16H24N2O5S/c1-17(2)24(20,21)8-6-16(19)18-7-5-12-9-14(22-3)15(23-4)10-13(12)11-18/h9-10H,5-8,11H2,1-4H3. The molecule has 0 atom stereocenters. The summed E-state index contributed by atoms with van der Waals surface area (Å²) in [5.41, 5.74) is 2.13. The molecular weight excluding hydrogens is 332 g/mol. The predicted octanol–water partition coefficient (Wildman–Crippen LogP) is 0.870. The first kappa shape index (κ1) is 18.5. The molecule has 1 aromatic carbocycles. The van der Waals surface area contributed by atoms with E-state index in [-0.39, 0.29) is 18.1 Å². The van der Waals surface area contributed by atoms with Crippen LogP contribution in [-0.2, 0) is 27.8 Å². The van der Waals surface area contributed by atoms with Gasteiger partial charge in [0.25, 0.3) is 0 Å². The lowest BCUT2D eigenvalue weighted by atomic mass is 9.98. The summed E-state index contributed by atoms with van der Waals surface area (Å²) in [4.78, 5) is 14.0. The Kier molecular flexibility index (Phi) is 5.71. The van der Waals surface area contributed by atoms with Gasteiger partial charge in [0.2, 0.25) is 15.9 Å². The molecule has 2 rings (SSSR count). The van der Waals surface area contributed by atoms with Gasteiger partial charge in [-0.1, -0.05) is 0 Å². The summed E-state index contributed by atoms with van der Waals surface area (Å²) in [5.74, 6) is 0.975. The minimum atomic E-state index is -3.36. The van der Waals surface area contributed by atoms with Gasteiger partial charge in [0.1, 0.15) is 0 Å². The summed E-state index contributed by atoms with van der Waals surface area (Å²) in [6.07, 6.45) is 0.699. The molecule has 1 heterocycles. The maximum absolute atomic E-state index is 12.3. The third-order valence-corrected chi connectivity index (χ3v) is 6.03. The van der Waals surface area contributed by atoms with Crippen LogP contribution < -0.4 is 9.47 Å². The van der Waals surface area contributed by atoms with Crippen molar-refractivity contribution >= 4 is 15.9 Å². The predicted molar refractivity (Wildman–Crippen MR) is 90.8 cm³/mol. The summed E-state index contributed by atoms with van der Waals surface area (Å²) in [7, 11) is 2.74. The van der Waals surface area contributed by atoms with Crippen molar-refractivity contribution in [3.8, 4) is 11.5 Å². The highest BCUT2D eigenvalue weighted by Gasteiger charge is 2.24. The molecule has 0 N–H and O–H groups in total. The largest absolute Gasteiger partial charge is 0.493 e. The number of hydrogen-bond acceptors (Lipinski definition) is 5. The molecule has 24 heavy (non-hydrogen) atoms. The Labute approximate surface area is 143 Å². The second kappa shape index (κ2) is 7.40. The van der Waals surface area contributed by atoms with Crippen molar-refractivity contribution in [2.75, 3.05) is 40.6 Å². The second-order valence-electron chi connectivity index (χ2n) is 5.89. The van der Waals surface area contributed by atoms with Gasteiger partial charge in [0.15, 0.2) is 11.5 Å². The number of fused-ring (bicyclic) bond motifs is 1. The van der Waals surface area contributed by atoms with Crippen LogP contribution in [-0.4, -0.2) is 64.1 Å². The third-order valence-electron chi connectivity index (χ3n) is 4.20. The fourth-order valence-corrected chi connectivity index (χ4v) is 3.45. The van der Waals surface area contributed by atoms with E-state index in [0.29, 0.717) is 31.0 Å². The van der Waals surface area contributed by atoms with E-state index < -0.39 is 10.0 Å². The van der Waals surface area contributed by atoms with Crippen molar-refractivity contribution in [2.45, 2.75) is 19.4 Å². The van der Waals surface area contributed by atoms with E-state index in [1.807, 2.05) is 12.1 Å². The van der Waals surface area contributed by atoms with Crippen LogP contribution in [0.3, 0.4) is 0 Å². The molecule has 0 fully saturated rings. The summed E-state index contributed by atoms with van der Waals surface area (Å²) in [6.45, 7) is 1.03. The van der Waals surface area contributed by atoms with Gasteiger partial charge in [-0.05, 0) is 29.7 Å². The monoisotopic (exact) mass is 356 g/mol. The molecule has 0 aromatic heterocycles. The van der Waals surface area contributed by atoms with Crippen LogP contribution in [0.15, 0.2) is 12.1 Å². The zero-order valence-electron chi connectivity index (χ0n) is 14.5. The molecule has 0 spiro atoms. The number of hydrogen-bond donors (Lipinski definition) is 0. The quantitative estimate of drug-likeness (QED) is 0.756. The first-order valence-corrected chi connectivity index (χ1v) is 9.31. The minimum Gasteiger partial charge on any atom is -0.493 e. The van der Waals surface area contributed by atoms with Gasteiger partial charge < -0.3 is 14.4 Å². The number of methoxy groups -OCH3 is 2. The van der Waals surface area contributed by atoms with Crippen LogP contribution in [0.25, 0.3) is 0 Å². The maximum atomic E-state index is 12.3. The van der Waals surface area contributed by atoms with Gasteiger partial charge in [0.05, 0.1) is 20.0 Å². The van der Waals surface area contributed by atoms with E-state index in [4.69, 9.17) is 9.47 Å². The average molecular weight is 356 g/mol. The highest BCUT2D eigenvalue weighted by molar-refractivity contribution is 7.89. The Hall–Kier alpha value is -1.80. The van der Waals surface area contributed by atoms with E-state index in [1.165, 1.54) is 14.1 Å². The molecule has 7 nitrogen and oxygen atoms in total. The number of carbonyl (C=O) groups excluding carboxylic acids is 1. The Morgan fingerprint density at radius 1 is 1.17 bits per heavy atom. The van der Waals surface area contributed by atoms with E-state index in [2.05, 4.69) is 0 Å². The van der Waals surface area contributed by atoms with E-state index in [1.54, 1.807) is 19.1 Å². The fourth-order valence-electron chi connectivity index (χ4n) is 2.65. The normalized spacial score (nSPS) is 14.5. The number of carbonyl (C=O) groups is 1. The summed E-state index contributed by atoms with van der Waals surface area (Å²) in [6, 6.07) is 3.82. The smallest absolute Gasteiger partial charge is 0.223 e. The number of ether oxygens (including phenoxy) is 2. The number of nitrogens with zero attached hydrogens (tertiary/aromatic N) is 2. The van der Waals surface area contributed by atoms with Crippen LogP contribution in [0, 0.1) is 0 Å². The topological polar surface area (TPSA) is 76.1 Å². The summed E-state index contributed by atoms with van der Waals surface area (Å²) < 4.78 is 35.3. The second-order valence-corrected chi connectivity index (χ2v) is 8.19. The maximum Gasteiger partial charge on any atom is 0.223 e. The highest BCUT2D eigenvalue weighted by Crippen LogP contribution is 2.33. The van der Waals surface area contributed by atoms with Gasteiger partial charge >= 0.3 is 0 Å². The lowest BCUT2D eigenvalue weighted by Gasteiger charge is -2.29. The summed E-state index contributed by atoms with van der Waals surface area (Å²) in [5, 5.41) is 0. The number of benzene rings is 1. The average Bonchev–Trinajstić information content (AvgIpc) is 2.57. The third kappa shape index (κ3) is 3.99. The van der Waals surface area contributed by atoms with Crippen LogP contribution in [0.1, 0.15) is 17.5 Å². The van der Waals surface area contributed by atoms with Gasteiger partial charge in [0, 0.05) is 33.6 Å². The van der Waals surface area contributed by atoms with Gasteiger partial charge in [-0.3, -0.25) is 4.79 Å². The number of amides is 1. The molecule has 0 aliphatic carbocycles. The Balaban J connectivity index is 2.08. The molecule has 1 aliphatic rings. The first-order chi connectivity index (χ1) is 11.3. The van der Waals surface area contributed by atoms with Gasteiger partial charge in [-0.2, -0.15) is 0 Å². The molecule has 0 bridgehead atoms. The molecular formula is C16H24N2O5S. The van der Waals surface area contributed by atoms with Crippen LogP contribution in [0.5, 0.6) is 11.5 Å². The molecule has 1 aromatic rings. The molecule has 8 heteroatoms. The van der Waals surface area contributed by atoms with Gasteiger partial charge in [-0.15, -0.1) is 0 Å². The van der Waals surface area contributed by atoms with E-state index >= 15 is 0 Å². The molecule has 0 saturated heterocycles. The van der Waals surface area contributed by atoms with Crippen molar-refractivity contribution in [2.24, 2.45) is 0 Å². The summed E-state index contributed by atoms with van der Waals surface area (Å²) >= 11 is 0. The molecule has 1 aliphatic heterocycles. The highest BCUT2D eigenvalue weighted by atomic mass is 32.2. The van der Waals surface area contributed by atoms with E-state index in [9.17, 15) is 13.2 Å². The fraction of sp³-hybridized carbons (Fsp3) is 0.562. The minimum absolute atomic E-state index is 0.0108. The SMILES string of the molecule is COc1cc2c(cc1OC)CN(C(=O)CCS(=O)(=O)N(C)C)CC2. The van der Waals surface area contributed by atoms with Crippen molar-refractivity contribution in [3.05, 3.63) is 23.3 Å². The van der Waals surface area contributed by atoms with Crippen LogP contribution in [0.2, 0.25) is 0 Å². The van der Waals surface area contributed by atoms with Gasteiger partial charge in [-0.25, -0.2) is 12.7 Å². The molecule has 134 valence electrons. The lowest BCUT2D eigenvalue weighted by molar-refractivity contribution is -0.131. The van der Waals surface area contributed by atoms with Crippen molar-refractivity contribution in [3.63, 3.8) is 0 Å². The van der Waals surface area contributed by atoms with E-state index in [0.717, 1.165) is 15.4 Å². The number of sulfonamides is 1. The zero-order valence-corrected chi connectivity index (χ0v) is 15.4. The van der Waals surface area contributed by atoms with Crippen molar-refractivity contribution in [1.82, 2.24) is 9.21 Å². The molecule has 0 radical (unpaired) electrons. The Bertz CT molecular complexity index is 715. The van der Waals surface area contributed by atoms with Crippen LogP contribution in [0.4, 0.5) is 0 Å². The zero-order chi connectivity index (χ0) is 17.9. The molecule has 1 amide bonds. The van der Waals surface area contributed by atoms with Crippen LogP contribution >= 0.6 is 0 Å². The molecule has 0 unspecified atom stereocenters.